The molecule has 0 radical (unpaired) electrons. The van der Waals surface area contributed by atoms with Gasteiger partial charge in [-0.3, -0.25) is 0 Å². The summed E-state index contributed by atoms with van der Waals surface area (Å²) < 4.78 is 63.2. The third kappa shape index (κ3) is 2.72. The Balaban J connectivity index is 3.67. The van der Waals surface area contributed by atoms with Gasteiger partial charge in [0.15, 0.2) is 5.69 Å². The van der Waals surface area contributed by atoms with Crippen molar-refractivity contribution >= 4 is 15.9 Å². The van der Waals surface area contributed by atoms with E-state index in [-0.39, 0.29) is 10.9 Å². The lowest BCUT2D eigenvalue weighted by molar-refractivity contribution is -0.140. The van der Waals surface area contributed by atoms with Crippen LogP contribution in [-0.2, 0) is 11.5 Å². The molecule has 1 rings (SSSR count). The van der Waals surface area contributed by atoms with Gasteiger partial charge >= 0.3 is 6.18 Å². The van der Waals surface area contributed by atoms with E-state index in [4.69, 9.17) is 5.26 Å². The molecule has 0 amide bonds. The predicted molar refractivity (Wildman–Crippen MR) is 51.5 cm³/mol. The second kappa shape index (κ2) is 4.96. The van der Waals surface area contributed by atoms with E-state index in [1.54, 1.807) is 0 Å². The van der Waals surface area contributed by atoms with Crippen LogP contribution in [0.15, 0.2) is 6.20 Å². The predicted octanol–water partition coefficient (Wildman–Crippen LogP) is 3.80. The van der Waals surface area contributed by atoms with Crippen LogP contribution in [0.2, 0.25) is 0 Å². The van der Waals surface area contributed by atoms with Crippen molar-refractivity contribution in [2.45, 2.75) is 17.9 Å². The fourth-order valence-corrected chi connectivity index (χ4v) is 1.74. The van der Waals surface area contributed by atoms with Gasteiger partial charge in [0.05, 0.1) is 0 Å². The van der Waals surface area contributed by atoms with Gasteiger partial charge in [-0.1, -0.05) is 15.9 Å². The Labute approximate surface area is 101 Å². The standard InChI is InChI=1S/C9H4BrF5N2/c10-1-4-3-17-5(2-16)7(9(13,14)15)6(4)8(11)12/h3,8H,1H2. The van der Waals surface area contributed by atoms with E-state index in [1.807, 2.05) is 0 Å². The van der Waals surface area contributed by atoms with Crippen molar-refractivity contribution in [1.82, 2.24) is 4.98 Å². The number of nitriles is 1. The molecule has 2 nitrogen and oxygen atoms in total. The molecule has 0 aromatic carbocycles. The average molecular weight is 315 g/mol. The summed E-state index contributed by atoms with van der Waals surface area (Å²) in [5.74, 6) is 0. The molecule has 0 fully saturated rings. The Bertz CT molecular complexity index is 464. The smallest absolute Gasteiger partial charge is 0.245 e. The lowest BCUT2D eigenvalue weighted by Crippen LogP contribution is -2.15. The summed E-state index contributed by atoms with van der Waals surface area (Å²) in [5, 5.41) is 8.28. The molecule has 0 saturated carbocycles. The molecule has 8 heteroatoms. The minimum atomic E-state index is -5.04. The quantitative estimate of drug-likeness (QED) is 0.615. The van der Waals surface area contributed by atoms with E-state index >= 15 is 0 Å². The van der Waals surface area contributed by atoms with Gasteiger partial charge in [-0.25, -0.2) is 13.8 Å². The highest BCUT2D eigenvalue weighted by molar-refractivity contribution is 9.08. The van der Waals surface area contributed by atoms with Crippen LogP contribution < -0.4 is 0 Å². The van der Waals surface area contributed by atoms with Crippen molar-refractivity contribution in [2.24, 2.45) is 0 Å². The first kappa shape index (κ1) is 13.8. The zero-order valence-electron chi connectivity index (χ0n) is 8.02. The fourth-order valence-electron chi connectivity index (χ4n) is 1.29. The second-order valence-electron chi connectivity index (χ2n) is 2.96. The van der Waals surface area contributed by atoms with Crippen molar-refractivity contribution in [3.63, 3.8) is 0 Å². The molecule has 17 heavy (non-hydrogen) atoms. The Morgan fingerprint density at radius 3 is 2.35 bits per heavy atom. The molecule has 1 aromatic rings. The third-order valence-corrected chi connectivity index (χ3v) is 2.56. The van der Waals surface area contributed by atoms with Gasteiger partial charge in [-0.15, -0.1) is 0 Å². The van der Waals surface area contributed by atoms with Gasteiger partial charge in [0.1, 0.15) is 11.6 Å². The monoisotopic (exact) mass is 314 g/mol. The van der Waals surface area contributed by atoms with Crippen molar-refractivity contribution in [3.8, 4) is 6.07 Å². The minimum Gasteiger partial charge on any atom is -0.245 e. The fraction of sp³-hybridized carbons (Fsp3) is 0.333. The van der Waals surface area contributed by atoms with Gasteiger partial charge < -0.3 is 0 Å². The molecule has 0 aliphatic rings. The molecule has 92 valence electrons. The van der Waals surface area contributed by atoms with Crippen LogP contribution in [-0.4, -0.2) is 4.98 Å². The van der Waals surface area contributed by atoms with Crippen LogP contribution in [0.25, 0.3) is 0 Å². The highest BCUT2D eigenvalue weighted by Crippen LogP contribution is 2.39. The Kier molecular flexibility index (Phi) is 4.03. The summed E-state index contributed by atoms with van der Waals surface area (Å²) in [6.45, 7) is 0. The van der Waals surface area contributed by atoms with Crippen LogP contribution in [0.1, 0.15) is 28.8 Å². The Morgan fingerprint density at radius 2 is 2.00 bits per heavy atom. The van der Waals surface area contributed by atoms with E-state index in [2.05, 4.69) is 20.9 Å². The summed E-state index contributed by atoms with van der Waals surface area (Å²) in [6, 6.07) is 1.17. The van der Waals surface area contributed by atoms with Crippen LogP contribution in [0.3, 0.4) is 0 Å². The molecule has 0 bridgehead atoms. The van der Waals surface area contributed by atoms with Crippen LogP contribution >= 0.6 is 15.9 Å². The topological polar surface area (TPSA) is 36.7 Å². The number of pyridine rings is 1. The number of aromatic nitrogens is 1. The molecular weight excluding hydrogens is 311 g/mol. The average Bonchev–Trinajstić information content (AvgIpc) is 2.25. The molecule has 0 N–H and O–H groups in total. The summed E-state index contributed by atoms with van der Waals surface area (Å²) in [5.41, 5.74) is -4.18. The number of alkyl halides is 6. The summed E-state index contributed by atoms with van der Waals surface area (Å²) in [6.07, 6.45) is -7.53. The second-order valence-corrected chi connectivity index (χ2v) is 3.53. The van der Waals surface area contributed by atoms with Crippen molar-refractivity contribution in [2.75, 3.05) is 0 Å². The maximum absolute atomic E-state index is 12.7. The molecule has 0 unspecified atom stereocenters. The first-order valence-corrected chi connectivity index (χ1v) is 5.28. The zero-order chi connectivity index (χ0) is 13.2. The van der Waals surface area contributed by atoms with Gasteiger partial charge in [-0.05, 0) is 5.56 Å². The van der Waals surface area contributed by atoms with Gasteiger partial charge in [0.25, 0.3) is 6.43 Å². The minimum absolute atomic E-state index is 0.200. The maximum Gasteiger partial charge on any atom is 0.419 e. The van der Waals surface area contributed by atoms with Crippen molar-refractivity contribution in [3.05, 3.63) is 28.6 Å². The molecule has 1 aromatic heterocycles. The first-order chi connectivity index (χ1) is 7.82. The van der Waals surface area contributed by atoms with Gasteiger partial charge in [-0.2, -0.15) is 18.4 Å². The van der Waals surface area contributed by atoms with Crippen LogP contribution in [0.4, 0.5) is 22.0 Å². The number of rotatable bonds is 2. The summed E-state index contributed by atoms with van der Waals surface area (Å²) >= 11 is 2.80. The molecule has 0 spiro atoms. The van der Waals surface area contributed by atoms with E-state index < -0.39 is 29.4 Å². The molecule has 0 aliphatic carbocycles. The lowest BCUT2D eigenvalue weighted by Gasteiger charge is -2.15. The number of hydrogen-bond donors (Lipinski definition) is 0. The Hall–Kier alpha value is -1.23. The normalized spacial score (nSPS) is 11.6. The van der Waals surface area contributed by atoms with Gasteiger partial charge in [0, 0.05) is 17.1 Å². The molecule has 0 aliphatic heterocycles. The summed E-state index contributed by atoms with van der Waals surface area (Å²) in [7, 11) is 0. The van der Waals surface area contributed by atoms with Gasteiger partial charge in [0.2, 0.25) is 0 Å². The molecule has 1 heterocycles. The molecule has 0 saturated heterocycles. The largest absolute Gasteiger partial charge is 0.419 e. The van der Waals surface area contributed by atoms with Crippen LogP contribution in [0, 0.1) is 11.3 Å². The van der Waals surface area contributed by atoms with E-state index in [1.165, 1.54) is 6.07 Å². The molecular formula is C9H4BrF5N2. The number of hydrogen-bond acceptors (Lipinski definition) is 2. The third-order valence-electron chi connectivity index (χ3n) is 1.95. The molecule has 0 atom stereocenters. The van der Waals surface area contributed by atoms with Crippen LogP contribution in [0.5, 0.6) is 0 Å². The number of nitrogens with zero attached hydrogens (tertiary/aromatic N) is 2. The van der Waals surface area contributed by atoms with E-state index in [9.17, 15) is 22.0 Å². The lowest BCUT2D eigenvalue weighted by atomic mass is 10.0. The maximum atomic E-state index is 12.7. The number of halogens is 6. The SMILES string of the molecule is N#Cc1ncc(CBr)c(C(F)F)c1C(F)(F)F. The summed E-state index contributed by atoms with van der Waals surface area (Å²) in [4.78, 5) is 3.23. The van der Waals surface area contributed by atoms with E-state index in [0.717, 1.165) is 6.20 Å². The van der Waals surface area contributed by atoms with Crippen molar-refractivity contribution < 1.29 is 22.0 Å². The zero-order valence-corrected chi connectivity index (χ0v) is 9.61. The van der Waals surface area contributed by atoms with Crippen molar-refractivity contribution in [1.29, 1.82) is 5.26 Å². The Morgan fingerprint density at radius 1 is 1.41 bits per heavy atom. The highest BCUT2D eigenvalue weighted by atomic mass is 79.9. The highest BCUT2D eigenvalue weighted by Gasteiger charge is 2.40. The first-order valence-electron chi connectivity index (χ1n) is 4.16. The van der Waals surface area contributed by atoms with E-state index in [0.29, 0.717) is 0 Å².